The molecular weight excluding hydrogens is 194 g/mol. The molecule has 4 heteroatoms. The number of hydrogen-bond acceptors (Lipinski definition) is 4. The summed E-state index contributed by atoms with van der Waals surface area (Å²) in [6.45, 7) is 0. The number of benzene rings is 1. The van der Waals surface area contributed by atoms with Crippen molar-refractivity contribution in [3.63, 3.8) is 0 Å². The Morgan fingerprint density at radius 2 is 1.80 bits per heavy atom. The number of hydrogen-bond donors (Lipinski definition) is 1. The van der Waals surface area contributed by atoms with Gasteiger partial charge in [-0.1, -0.05) is 6.07 Å². The third-order valence-electron chi connectivity index (χ3n) is 2.14. The molecule has 1 atom stereocenters. The van der Waals surface area contributed by atoms with Gasteiger partial charge in [-0.3, -0.25) is 0 Å². The molecule has 82 valence electrons. The van der Waals surface area contributed by atoms with Crippen molar-refractivity contribution in [1.29, 1.82) is 5.41 Å². The van der Waals surface area contributed by atoms with Crippen LogP contribution in [0.1, 0.15) is 11.7 Å². The summed E-state index contributed by atoms with van der Waals surface area (Å²) in [5.74, 6) is 1.31. The van der Waals surface area contributed by atoms with Gasteiger partial charge in [0.1, 0.15) is 6.10 Å². The highest BCUT2D eigenvalue weighted by atomic mass is 16.5. The number of rotatable bonds is 5. The predicted octanol–water partition coefficient (Wildman–Crippen LogP) is 2.04. The molecule has 1 N–H and O–H groups in total. The normalized spacial score (nSPS) is 11.9. The third kappa shape index (κ3) is 2.47. The fourth-order valence-corrected chi connectivity index (χ4v) is 1.33. The van der Waals surface area contributed by atoms with E-state index in [1.165, 1.54) is 6.21 Å². The van der Waals surface area contributed by atoms with Crippen molar-refractivity contribution < 1.29 is 14.2 Å². The molecule has 0 fully saturated rings. The van der Waals surface area contributed by atoms with Crippen molar-refractivity contribution in [2.75, 3.05) is 21.3 Å². The van der Waals surface area contributed by atoms with Gasteiger partial charge in [-0.05, 0) is 17.7 Å². The van der Waals surface area contributed by atoms with Crippen LogP contribution in [0.25, 0.3) is 0 Å². The summed E-state index contributed by atoms with van der Waals surface area (Å²) in [5.41, 5.74) is 0.866. The first-order valence-electron chi connectivity index (χ1n) is 4.52. The summed E-state index contributed by atoms with van der Waals surface area (Å²) in [7, 11) is 4.72. The summed E-state index contributed by atoms with van der Waals surface area (Å²) in [6, 6.07) is 5.45. The van der Waals surface area contributed by atoms with E-state index in [0.717, 1.165) is 5.56 Å². The predicted molar refractivity (Wildman–Crippen MR) is 58.1 cm³/mol. The van der Waals surface area contributed by atoms with Crippen LogP contribution < -0.4 is 9.47 Å². The lowest BCUT2D eigenvalue weighted by atomic mass is 10.1. The largest absolute Gasteiger partial charge is 0.493 e. The molecule has 0 bridgehead atoms. The lowest BCUT2D eigenvalue weighted by molar-refractivity contribution is 0.161. The fraction of sp³-hybridized carbons (Fsp3) is 0.364. The van der Waals surface area contributed by atoms with Crippen LogP contribution in [-0.4, -0.2) is 27.5 Å². The molecule has 0 saturated heterocycles. The van der Waals surface area contributed by atoms with Gasteiger partial charge in [0.05, 0.1) is 14.2 Å². The molecule has 4 nitrogen and oxygen atoms in total. The maximum Gasteiger partial charge on any atom is 0.161 e. The van der Waals surface area contributed by atoms with Gasteiger partial charge in [0, 0.05) is 13.3 Å². The summed E-state index contributed by atoms with van der Waals surface area (Å²) in [6.07, 6.45) is 0.895. The maximum atomic E-state index is 7.20. The number of ether oxygens (including phenoxy) is 3. The van der Waals surface area contributed by atoms with Crippen LogP contribution >= 0.6 is 0 Å². The Kier molecular flexibility index (Phi) is 4.12. The molecule has 0 amide bonds. The van der Waals surface area contributed by atoms with E-state index in [1.54, 1.807) is 33.5 Å². The van der Waals surface area contributed by atoms with Crippen molar-refractivity contribution in [3.8, 4) is 11.5 Å². The molecule has 1 unspecified atom stereocenters. The molecule has 1 aromatic rings. The van der Waals surface area contributed by atoms with Crippen LogP contribution in [-0.2, 0) is 4.74 Å². The van der Waals surface area contributed by atoms with Crippen molar-refractivity contribution in [2.45, 2.75) is 6.10 Å². The quantitative estimate of drug-likeness (QED) is 0.755. The number of nitrogens with one attached hydrogen (secondary N) is 1. The second-order valence-corrected chi connectivity index (χ2v) is 2.94. The maximum absolute atomic E-state index is 7.20. The molecule has 0 aliphatic rings. The van der Waals surface area contributed by atoms with Crippen LogP contribution in [0, 0.1) is 5.41 Å². The van der Waals surface area contributed by atoms with Crippen LogP contribution in [0.3, 0.4) is 0 Å². The second-order valence-electron chi connectivity index (χ2n) is 2.94. The molecule has 0 saturated carbocycles. The molecular formula is C11H15NO3. The van der Waals surface area contributed by atoms with E-state index in [4.69, 9.17) is 19.6 Å². The van der Waals surface area contributed by atoms with E-state index >= 15 is 0 Å². The minimum atomic E-state index is -0.343. The van der Waals surface area contributed by atoms with Crippen LogP contribution in [0.5, 0.6) is 11.5 Å². The summed E-state index contributed by atoms with van der Waals surface area (Å²) in [5, 5.41) is 7.20. The third-order valence-corrected chi connectivity index (χ3v) is 2.14. The van der Waals surface area contributed by atoms with E-state index in [9.17, 15) is 0 Å². The van der Waals surface area contributed by atoms with Gasteiger partial charge >= 0.3 is 0 Å². The minimum Gasteiger partial charge on any atom is -0.493 e. The first-order chi connectivity index (χ1) is 7.26. The smallest absolute Gasteiger partial charge is 0.161 e. The van der Waals surface area contributed by atoms with Gasteiger partial charge in [0.15, 0.2) is 11.5 Å². The lowest BCUT2D eigenvalue weighted by Gasteiger charge is -2.13. The average molecular weight is 209 g/mol. The molecule has 0 spiro atoms. The van der Waals surface area contributed by atoms with E-state index in [0.29, 0.717) is 11.5 Å². The van der Waals surface area contributed by atoms with Gasteiger partial charge in [-0.15, -0.1) is 0 Å². The molecule has 1 aromatic carbocycles. The van der Waals surface area contributed by atoms with E-state index in [1.807, 2.05) is 6.07 Å². The molecule has 0 aromatic heterocycles. The van der Waals surface area contributed by atoms with Gasteiger partial charge in [-0.2, -0.15) is 0 Å². The van der Waals surface area contributed by atoms with E-state index in [2.05, 4.69) is 0 Å². The van der Waals surface area contributed by atoms with Gasteiger partial charge in [-0.25, -0.2) is 0 Å². The highest BCUT2D eigenvalue weighted by Crippen LogP contribution is 2.30. The van der Waals surface area contributed by atoms with Crippen molar-refractivity contribution in [1.82, 2.24) is 0 Å². The molecule has 15 heavy (non-hydrogen) atoms. The van der Waals surface area contributed by atoms with Crippen LogP contribution in [0.4, 0.5) is 0 Å². The van der Waals surface area contributed by atoms with Crippen molar-refractivity contribution in [3.05, 3.63) is 23.8 Å². The Labute approximate surface area is 89.3 Å². The molecule has 1 rings (SSSR count). The van der Waals surface area contributed by atoms with Gasteiger partial charge in [0.2, 0.25) is 0 Å². The topological polar surface area (TPSA) is 51.5 Å². The zero-order valence-corrected chi connectivity index (χ0v) is 9.11. The summed E-state index contributed by atoms with van der Waals surface area (Å²) >= 11 is 0. The first-order valence-corrected chi connectivity index (χ1v) is 4.52. The SMILES string of the molecule is COc1ccc(C(C=N)OC)cc1OC. The second kappa shape index (κ2) is 5.36. The van der Waals surface area contributed by atoms with Gasteiger partial charge in [0.25, 0.3) is 0 Å². The summed E-state index contributed by atoms with van der Waals surface area (Å²) < 4.78 is 15.4. The van der Waals surface area contributed by atoms with Crippen molar-refractivity contribution >= 4 is 6.21 Å². The highest BCUT2D eigenvalue weighted by Gasteiger charge is 2.10. The Hall–Kier alpha value is -1.55. The monoisotopic (exact) mass is 209 g/mol. The van der Waals surface area contributed by atoms with Crippen LogP contribution in [0.15, 0.2) is 18.2 Å². The first kappa shape index (κ1) is 11.5. The Balaban J connectivity index is 3.06. The zero-order valence-electron chi connectivity index (χ0n) is 9.11. The average Bonchev–Trinajstić information content (AvgIpc) is 2.30. The van der Waals surface area contributed by atoms with E-state index < -0.39 is 0 Å². The Morgan fingerprint density at radius 1 is 1.13 bits per heavy atom. The van der Waals surface area contributed by atoms with Gasteiger partial charge < -0.3 is 19.6 Å². The van der Waals surface area contributed by atoms with Crippen LogP contribution in [0.2, 0.25) is 0 Å². The van der Waals surface area contributed by atoms with Crippen molar-refractivity contribution in [2.24, 2.45) is 0 Å². The Morgan fingerprint density at radius 3 is 2.27 bits per heavy atom. The van der Waals surface area contributed by atoms with E-state index in [-0.39, 0.29) is 6.10 Å². The molecule has 0 aliphatic heterocycles. The molecule has 0 heterocycles. The zero-order chi connectivity index (χ0) is 11.3. The number of methoxy groups -OCH3 is 3. The molecule has 0 radical (unpaired) electrons. The lowest BCUT2D eigenvalue weighted by Crippen LogP contribution is -2.02. The fourth-order valence-electron chi connectivity index (χ4n) is 1.33. The molecule has 0 aliphatic carbocycles. The standard InChI is InChI=1S/C11H15NO3/c1-13-9-5-4-8(6-10(9)14-2)11(7-12)15-3/h4-7,11-12H,1-3H3. The Bertz CT molecular complexity index is 339. The minimum absolute atomic E-state index is 0.343. The highest BCUT2D eigenvalue weighted by molar-refractivity contribution is 5.63. The summed E-state index contributed by atoms with van der Waals surface area (Å²) in [4.78, 5) is 0.